The molecule has 0 spiro atoms. The van der Waals surface area contributed by atoms with Crippen LogP contribution < -0.4 is 0 Å². The van der Waals surface area contributed by atoms with Gasteiger partial charge in [-0.25, -0.2) is 9.59 Å². The molecule has 0 aliphatic heterocycles. The standard InChI is InChI=1S/C13H14F6O8/c14-12(15,16)10(23)25-5-7(3-1-2-4-8(20)21)9(22)26-6-27-11(24)13(17,18)19/h7H,1-6H2,(H,20,21). The number of unbranched alkanes of at least 4 members (excludes halogenated alkanes) is 1. The molecular weight excluding hydrogens is 398 g/mol. The first-order valence-corrected chi connectivity index (χ1v) is 7.11. The van der Waals surface area contributed by atoms with Crippen LogP contribution in [0.15, 0.2) is 0 Å². The number of carbonyl (C=O) groups is 4. The average Bonchev–Trinajstić information content (AvgIpc) is 2.51. The zero-order valence-corrected chi connectivity index (χ0v) is 13.4. The van der Waals surface area contributed by atoms with E-state index >= 15 is 0 Å². The van der Waals surface area contributed by atoms with Gasteiger partial charge in [0.05, 0.1) is 5.92 Å². The van der Waals surface area contributed by atoms with Crippen LogP contribution in [0.25, 0.3) is 0 Å². The minimum Gasteiger partial charge on any atom is -0.481 e. The first-order valence-electron chi connectivity index (χ1n) is 7.11. The summed E-state index contributed by atoms with van der Waals surface area (Å²) in [5.41, 5.74) is 0. The van der Waals surface area contributed by atoms with Gasteiger partial charge in [-0.1, -0.05) is 6.42 Å². The molecule has 0 aliphatic rings. The second-order valence-corrected chi connectivity index (χ2v) is 4.94. The number of hydrogen-bond donors (Lipinski definition) is 1. The number of esters is 3. The van der Waals surface area contributed by atoms with Crippen molar-refractivity contribution in [3.05, 3.63) is 0 Å². The molecule has 27 heavy (non-hydrogen) atoms. The fraction of sp³-hybridized carbons (Fsp3) is 0.692. The molecule has 0 radical (unpaired) electrons. The van der Waals surface area contributed by atoms with Crippen LogP contribution >= 0.6 is 0 Å². The number of rotatable bonds is 10. The lowest BCUT2D eigenvalue weighted by Gasteiger charge is -2.16. The molecule has 0 heterocycles. The third-order valence-corrected chi connectivity index (χ3v) is 2.80. The highest BCUT2D eigenvalue weighted by atomic mass is 19.4. The highest BCUT2D eigenvalue weighted by Crippen LogP contribution is 2.20. The number of halogens is 6. The molecule has 0 aromatic heterocycles. The average molecular weight is 412 g/mol. The second kappa shape index (κ2) is 10.6. The van der Waals surface area contributed by atoms with Gasteiger partial charge in [0.15, 0.2) is 0 Å². The third-order valence-electron chi connectivity index (χ3n) is 2.80. The lowest BCUT2D eigenvalue weighted by Crippen LogP contribution is -2.32. The summed E-state index contributed by atoms with van der Waals surface area (Å²) < 4.78 is 83.6. The van der Waals surface area contributed by atoms with Gasteiger partial charge in [-0.2, -0.15) is 26.3 Å². The SMILES string of the molecule is O=C(O)CCCCC(COC(=O)C(F)(F)F)C(=O)OCOC(=O)C(F)(F)F. The van der Waals surface area contributed by atoms with Crippen molar-refractivity contribution in [3.63, 3.8) is 0 Å². The predicted molar refractivity (Wildman–Crippen MR) is 69.7 cm³/mol. The van der Waals surface area contributed by atoms with E-state index < -0.39 is 55.5 Å². The van der Waals surface area contributed by atoms with Gasteiger partial charge >= 0.3 is 36.2 Å². The number of aliphatic carboxylic acids is 1. The Labute approximate surface area is 147 Å². The molecule has 0 saturated heterocycles. The molecule has 0 rings (SSSR count). The van der Waals surface area contributed by atoms with Crippen LogP contribution in [0.1, 0.15) is 25.7 Å². The summed E-state index contributed by atoms with van der Waals surface area (Å²) >= 11 is 0. The van der Waals surface area contributed by atoms with Crippen molar-refractivity contribution >= 4 is 23.9 Å². The summed E-state index contributed by atoms with van der Waals surface area (Å²) in [5, 5.41) is 8.46. The molecule has 1 unspecified atom stereocenters. The lowest BCUT2D eigenvalue weighted by molar-refractivity contribution is -0.212. The smallest absolute Gasteiger partial charge is 0.481 e. The molecule has 8 nitrogen and oxygen atoms in total. The number of carbonyl (C=O) groups excluding carboxylic acids is 3. The molecule has 1 N–H and O–H groups in total. The maximum absolute atomic E-state index is 12.1. The first kappa shape index (κ1) is 24.5. The fourth-order valence-corrected chi connectivity index (χ4v) is 1.54. The van der Waals surface area contributed by atoms with E-state index in [1.54, 1.807) is 0 Å². The molecule has 0 aliphatic carbocycles. The minimum atomic E-state index is -5.34. The molecule has 0 bridgehead atoms. The van der Waals surface area contributed by atoms with Crippen LogP contribution in [-0.2, 0) is 33.4 Å². The summed E-state index contributed by atoms with van der Waals surface area (Å²) in [5.74, 6) is -9.35. The Kier molecular flexibility index (Phi) is 9.58. The van der Waals surface area contributed by atoms with Gasteiger partial charge in [0, 0.05) is 6.42 Å². The van der Waals surface area contributed by atoms with Crippen LogP contribution in [0.3, 0.4) is 0 Å². The predicted octanol–water partition coefficient (Wildman–Crippen LogP) is 1.96. The topological polar surface area (TPSA) is 116 Å². The summed E-state index contributed by atoms with van der Waals surface area (Å²) in [7, 11) is 0. The Balaban J connectivity index is 4.65. The van der Waals surface area contributed by atoms with Crippen LogP contribution in [0, 0.1) is 5.92 Å². The van der Waals surface area contributed by atoms with Crippen molar-refractivity contribution in [1.82, 2.24) is 0 Å². The molecule has 156 valence electrons. The van der Waals surface area contributed by atoms with Gasteiger partial charge in [0.2, 0.25) is 6.79 Å². The number of carboxylic acid groups (broad SMARTS) is 1. The summed E-state index contributed by atoms with van der Waals surface area (Å²) in [6.07, 6.45) is -11.3. The van der Waals surface area contributed by atoms with Gasteiger partial charge in [0.1, 0.15) is 6.61 Å². The number of carboxylic acids is 1. The van der Waals surface area contributed by atoms with Crippen LogP contribution in [-0.4, -0.2) is 54.7 Å². The van der Waals surface area contributed by atoms with Crippen molar-refractivity contribution in [1.29, 1.82) is 0 Å². The minimum absolute atomic E-state index is 0.00201. The third kappa shape index (κ3) is 10.9. The lowest BCUT2D eigenvalue weighted by atomic mass is 10.0. The molecular formula is C13H14F6O8. The molecule has 0 aromatic carbocycles. The van der Waals surface area contributed by atoms with Crippen molar-refractivity contribution in [2.45, 2.75) is 38.0 Å². The Morgan fingerprint density at radius 2 is 1.33 bits per heavy atom. The molecule has 14 heteroatoms. The second-order valence-electron chi connectivity index (χ2n) is 4.94. The van der Waals surface area contributed by atoms with E-state index in [1.807, 2.05) is 0 Å². The van der Waals surface area contributed by atoms with Crippen LogP contribution in [0.4, 0.5) is 26.3 Å². The molecule has 0 saturated carbocycles. The first-order chi connectivity index (χ1) is 12.2. The van der Waals surface area contributed by atoms with E-state index in [9.17, 15) is 45.5 Å². The van der Waals surface area contributed by atoms with Crippen LogP contribution in [0.2, 0.25) is 0 Å². The normalized spacial score (nSPS) is 12.8. The quantitative estimate of drug-likeness (QED) is 0.251. The Morgan fingerprint density at radius 3 is 1.81 bits per heavy atom. The molecule has 1 atom stereocenters. The van der Waals surface area contributed by atoms with Crippen molar-refractivity contribution in [2.75, 3.05) is 13.4 Å². The van der Waals surface area contributed by atoms with E-state index in [0.29, 0.717) is 0 Å². The molecule has 0 fully saturated rings. The van der Waals surface area contributed by atoms with Gasteiger partial charge < -0.3 is 19.3 Å². The van der Waals surface area contributed by atoms with E-state index in [4.69, 9.17) is 5.11 Å². The monoisotopic (exact) mass is 412 g/mol. The van der Waals surface area contributed by atoms with Gasteiger partial charge in [-0.15, -0.1) is 0 Å². The Hall–Kier alpha value is -2.54. The summed E-state index contributed by atoms with van der Waals surface area (Å²) in [4.78, 5) is 43.1. The Bertz CT molecular complexity index is 542. The number of alkyl halides is 6. The van der Waals surface area contributed by atoms with Crippen LogP contribution in [0.5, 0.6) is 0 Å². The zero-order chi connectivity index (χ0) is 21.3. The van der Waals surface area contributed by atoms with E-state index in [1.165, 1.54) is 0 Å². The van der Waals surface area contributed by atoms with Crippen molar-refractivity contribution in [3.8, 4) is 0 Å². The summed E-state index contributed by atoms with van der Waals surface area (Å²) in [6, 6.07) is 0. The summed E-state index contributed by atoms with van der Waals surface area (Å²) in [6.45, 7) is -2.58. The van der Waals surface area contributed by atoms with Crippen molar-refractivity contribution < 1.29 is 64.8 Å². The van der Waals surface area contributed by atoms with E-state index in [2.05, 4.69) is 14.2 Å². The van der Waals surface area contributed by atoms with Gasteiger partial charge in [-0.3, -0.25) is 9.59 Å². The van der Waals surface area contributed by atoms with E-state index in [0.717, 1.165) is 0 Å². The van der Waals surface area contributed by atoms with Gasteiger partial charge in [-0.05, 0) is 12.8 Å². The van der Waals surface area contributed by atoms with E-state index in [-0.39, 0.29) is 25.7 Å². The highest BCUT2D eigenvalue weighted by Gasteiger charge is 2.42. The largest absolute Gasteiger partial charge is 0.491 e. The fourth-order valence-electron chi connectivity index (χ4n) is 1.54. The molecule has 0 aromatic rings. The maximum atomic E-state index is 12.1. The molecule has 0 amide bonds. The number of ether oxygens (including phenoxy) is 3. The highest BCUT2D eigenvalue weighted by molar-refractivity contribution is 5.77. The van der Waals surface area contributed by atoms with Crippen molar-refractivity contribution in [2.24, 2.45) is 5.92 Å². The maximum Gasteiger partial charge on any atom is 0.491 e. The number of hydrogen-bond acceptors (Lipinski definition) is 7. The Morgan fingerprint density at radius 1 is 0.815 bits per heavy atom. The van der Waals surface area contributed by atoms with Gasteiger partial charge in [0.25, 0.3) is 0 Å². The zero-order valence-electron chi connectivity index (χ0n) is 13.4.